The number of carbonyl (C=O) groups excluding carboxylic acids is 9. The molecule has 1 aromatic carbocycles. The average Bonchev–Trinajstić information content (AvgIpc) is 3.19. The minimum absolute atomic E-state index is 0.286. The molecular weight excluding hydrogens is 901 g/mol. The van der Waals surface area contributed by atoms with Crippen LogP contribution in [0.5, 0.6) is 0 Å². The Morgan fingerprint density at radius 3 is 1.82 bits per heavy atom. The lowest BCUT2D eigenvalue weighted by molar-refractivity contribution is -0.366. The van der Waals surface area contributed by atoms with Crippen molar-refractivity contribution in [1.82, 2.24) is 5.32 Å². The molecule has 2 aliphatic heterocycles. The van der Waals surface area contributed by atoms with E-state index in [-0.39, 0.29) is 5.69 Å². The highest BCUT2D eigenvalue weighted by Gasteiger charge is 2.64. The lowest BCUT2D eigenvalue weighted by Gasteiger charge is -2.51. The molecule has 11 atom stereocenters. The van der Waals surface area contributed by atoms with Gasteiger partial charge in [0.2, 0.25) is 12.2 Å². The van der Waals surface area contributed by atoms with Gasteiger partial charge < -0.3 is 62.2 Å². The molecule has 0 bridgehead atoms. The Kier molecular flexibility index (Phi) is 19.3. The topological polar surface area (TPSA) is 289 Å². The molecule has 2 fully saturated rings. The normalized spacial score (nSPS) is 26.2. The number of alkyl halides is 3. The van der Waals surface area contributed by atoms with Gasteiger partial charge in [-0.2, -0.15) is 13.2 Å². The van der Waals surface area contributed by atoms with Crippen molar-refractivity contribution in [3.8, 4) is 0 Å². The molecule has 0 spiro atoms. The molecule has 0 radical (unpaired) electrons. The SMILES string of the molecule is COC(=O)[C@@]1(O[C@H]2[C@@H](OC(C)=O)[C@@H](COC(C)=O)OC(OC(=Nc3ccccc3)C(F)(F)F)[C@@H]2OC(C)=O)C[C@H](OC(C)=O)[C@@H](NC(C)=O)[C@H]([C@H](OC(C)=O)[C@@H](COC(C)=O)OC(C)=O)O1. The second-order valence-corrected chi connectivity index (χ2v) is 14.4. The minimum atomic E-state index is -5.41. The van der Waals surface area contributed by atoms with E-state index in [1.54, 1.807) is 0 Å². The number of nitrogens with zero attached hydrogens (tertiary/aromatic N) is 1. The van der Waals surface area contributed by atoms with Gasteiger partial charge in [-0.15, -0.1) is 0 Å². The maximum atomic E-state index is 14.7. The van der Waals surface area contributed by atoms with Crippen molar-refractivity contribution in [1.29, 1.82) is 0 Å². The fourth-order valence-electron chi connectivity index (χ4n) is 6.72. The van der Waals surface area contributed by atoms with E-state index in [4.69, 9.17) is 56.8 Å². The van der Waals surface area contributed by atoms with Crippen LogP contribution in [0.4, 0.5) is 18.9 Å². The number of amides is 1. The van der Waals surface area contributed by atoms with Crippen LogP contribution in [0, 0.1) is 0 Å². The van der Waals surface area contributed by atoms with E-state index in [9.17, 15) is 56.3 Å². The van der Waals surface area contributed by atoms with Crippen molar-refractivity contribution in [2.75, 3.05) is 20.3 Å². The Labute approximate surface area is 374 Å². The number of rotatable bonds is 17. The second-order valence-electron chi connectivity index (χ2n) is 14.4. The summed E-state index contributed by atoms with van der Waals surface area (Å²) in [4.78, 5) is 118. The molecule has 2 heterocycles. The predicted molar refractivity (Wildman–Crippen MR) is 207 cm³/mol. The van der Waals surface area contributed by atoms with E-state index >= 15 is 0 Å². The third kappa shape index (κ3) is 15.6. The Hall–Kier alpha value is -6.41. The number of methoxy groups -OCH3 is 1. The van der Waals surface area contributed by atoms with Crippen molar-refractivity contribution < 1.29 is 113 Å². The number of benzene rings is 1. The molecule has 1 aromatic rings. The molecule has 0 saturated carbocycles. The van der Waals surface area contributed by atoms with Gasteiger partial charge >= 0.3 is 53.9 Å². The number of aliphatic imine (C=N–C) groups is 1. The molecule has 66 heavy (non-hydrogen) atoms. The van der Waals surface area contributed by atoms with Gasteiger partial charge in [-0.3, -0.25) is 38.4 Å². The fraction of sp³-hybridized carbons (Fsp3) is 0.600. The highest BCUT2D eigenvalue weighted by Crippen LogP contribution is 2.41. The van der Waals surface area contributed by atoms with Gasteiger partial charge in [-0.05, 0) is 12.1 Å². The number of carbonyl (C=O) groups is 9. The molecule has 26 heteroatoms. The molecule has 23 nitrogen and oxygen atoms in total. The summed E-state index contributed by atoms with van der Waals surface area (Å²) in [6.45, 7) is 5.44. The number of hydrogen-bond donors (Lipinski definition) is 1. The van der Waals surface area contributed by atoms with E-state index in [1.165, 1.54) is 30.3 Å². The first kappa shape index (κ1) is 53.9. The Bertz CT molecular complexity index is 1980. The van der Waals surface area contributed by atoms with Gasteiger partial charge in [0, 0.05) is 55.4 Å². The standard InChI is InChI=1S/C40H49F3N2O21/c1-18(46)44-30-27(58-21(4)49)15-39(38(54)55-9,65-33(30)31(60-23(6)51)28(59-22(5)50)16-56-19(2)47)66-34-32(61-24(7)52)29(17-57-20(3)48)63-36(35(34)62-25(8)53)64-37(40(41,42)43)45-26-13-11-10-12-14-26/h10-14,27-36H,15-17H2,1-9H3,(H,44,46)/t27-,28+,29+,30+,31+,32-,33+,34-,35+,36?,39-/m0/s1. The van der Waals surface area contributed by atoms with E-state index in [0.29, 0.717) is 0 Å². The summed E-state index contributed by atoms with van der Waals surface area (Å²) >= 11 is 0. The van der Waals surface area contributed by atoms with Crippen LogP contribution in [0.2, 0.25) is 0 Å². The number of nitrogens with one attached hydrogen (secondary N) is 1. The first-order valence-electron chi connectivity index (χ1n) is 19.6. The summed E-state index contributed by atoms with van der Waals surface area (Å²) in [6.07, 6.45) is -25.5. The zero-order valence-corrected chi connectivity index (χ0v) is 36.9. The van der Waals surface area contributed by atoms with Crippen molar-refractivity contribution in [3.63, 3.8) is 0 Å². The van der Waals surface area contributed by atoms with Crippen LogP contribution in [0.3, 0.4) is 0 Å². The van der Waals surface area contributed by atoms with E-state index in [0.717, 1.165) is 62.5 Å². The largest absolute Gasteiger partial charge is 0.468 e. The first-order valence-corrected chi connectivity index (χ1v) is 19.6. The summed E-state index contributed by atoms with van der Waals surface area (Å²) in [6, 6.07) is 4.83. The van der Waals surface area contributed by atoms with Crippen molar-refractivity contribution in [2.45, 2.75) is 135 Å². The van der Waals surface area contributed by atoms with Gasteiger partial charge in [0.1, 0.15) is 37.6 Å². The number of para-hydroxylation sites is 1. The first-order chi connectivity index (χ1) is 30.8. The van der Waals surface area contributed by atoms with Gasteiger partial charge in [0.25, 0.3) is 11.7 Å². The molecule has 1 amide bonds. The van der Waals surface area contributed by atoms with Gasteiger partial charge in [0.15, 0.2) is 24.4 Å². The van der Waals surface area contributed by atoms with Gasteiger partial charge in [-0.1, -0.05) is 18.2 Å². The van der Waals surface area contributed by atoms with Gasteiger partial charge in [-0.25, -0.2) is 9.79 Å². The molecule has 3 rings (SSSR count). The monoisotopic (exact) mass is 950 g/mol. The second kappa shape index (κ2) is 23.7. The predicted octanol–water partition coefficient (Wildman–Crippen LogP) is 1.35. The number of halogens is 3. The molecule has 2 saturated heterocycles. The van der Waals surface area contributed by atoms with Crippen LogP contribution < -0.4 is 5.32 Å². The maximum absolute atomic E-state index is 14.7. The third-order valence-electron chi connectivity index (χ3n) is 8.92. The van der Waals surface area contributed by atoms with Crippen LogP contribution in [0.25, 0.3) is 0 Å². The highest BCUT2D eigenvalue weighted by atomic mass is 19.4. The highest BCUT2D eigenvalue weighted by molar-refractivity contribution is 5.84. The zero-order chi connectivity index (χ0) is 49.7. The summed E-state index contributed by atoms with van der Waals surface area (Å²) in [7, 11) is 0.792. The van der Waals surface area contributed by atoms with Gasteiger partial charge in [0.05, 0.1) is 25.3 Å². The molecule has 0 aromatic heterocycles. The molecule has 1 N–H and O–H groups in total. The molecule has 366 valence electrons. The third-order valence-corrected chi connectivity index (χ3v) is 8.92. The van der Waals surface area contributed by atoms with Crippen LogP contribution >= 0.6 is 0 Å². The molecule has 1 unspecified atom stereocenters. The summed E-state index contributed by atoms with van der Waals surface area (Å²) in [5, 5.41) is 2.44. The Morgan fingerprint density at radius 2 is 1.32 bits per heavy atom. The lowest BCUT2D eigenvalue weighted by atomic mass is 9.87. The smallest absolute Gasteiger partial charge is 0.465 e. The minimum Gasteiger partial charge on any atom is -0.465 e. The van der Waals surface area contributed by atoms with Crippen molar-refractivity contribution >= 4 is 65.2 Å². The summed E-state index contributed by atoms with van der Waals surface area (Å²) in [5.41, 5.74) is -0.286. The van der Waals surface area contributed by atoms with E-state index < -0.39 is 152 Å². The number of hydrogen-bond acceptors (Lipinski definition) is 22. The summed E-state index contributed by atoms with van der Waals surface area (Å²) in [5.74, 6) is -15.2. The number of ether oxygens (including phenoxy) is 12. The maximum Gasteiger partial charge on any atom is 0.468 e. The van der Waals surface area contributed by atoms with Crippen molar-refractivity contribution in [3.05, 3.63) is 30.3 Å². The van der Waals surface area contributed by atoms with Crippen LogP contribution in [-0.2, 0) is 100.0 Å². The lowest BCUT2D eigenvalue weighted by Crippen LogP contribution is -2.72. The zero-order valence-electron chi connectivity index (χ0n) is 36.9. The molecular formula is C40H49F3N2O21. The molecule has 0 aliphatic carbocycles. The number of esters is 8. The summed E-state index contributed by atoms with van der Waals surface area (Å²) < 4.78 is 110. The quantitative estimate of drug-likeness (QED) is 0.0998. The van der Waals surface area contributed by atoms with Crippen LogP contribution in [-0.4, -0.2) is 153 Å². The van der Waals surface area contributed by atoms with Crippen LogP contribution in [0.1, 0.15) is 61.8 Å². The average molecular weight is 951 g/mol. The Morgan fingerprint density at radius 1 is 0.742 bits per heavy atom. The van der Waals surface area contributed by atoms with Crippen molar-refractivity contribution in [2.24, 2.45) is 4.99 Å². The van der Waals surface area contributed by atoms with E-state index in [2.05, 4.69) is 10.3 Å². The van der Waals surface area contributed by atoms with Crippen LogP contribution in [0.15, 0.2) is 35.3 Å². The fourth-order valence-corrected chi connectivity index (χ4v) is 6.72. The molecule has 2 aliphatic rings. The Balaban J connectivity index is 2.46. The van der Waals surface area contributed by atoms with E-state index in [1.807, 2.05) is 0 Å².